The molecule has 0 saturated carbocycles. The first kappa shape index (κ1) is 20.7. The van der Waals surface area contributed by atoms with Crippen LogP contribution in [0.1, 0.15) is 18.7 Å². The number of anilines is 1. The van der Waals surface area contributed by atoms with E-state index >= 15 is 0 Å². The second kappa shape index (κ2) is 9.10. The van der Waals surface area contributed by atoms with Crippen LogP contribution in [0.2, 0.25) is 5.02 Å². The van der Waals surface area contributed by atoms with Crippen molar-refractivity contribution in [1.29, 1.82) is 0 Å². The lowest BCUT2D eigenvalue weighted by Crippen LogP contribution is -2.37. The highest BCUT2D eigenvalue weighted by Gasteiger charge is 2.26. The summed E-state index contributed by atoms with van der Waals surface area (Å²) < 4.78 is 5.42. The highest BCUT2D eigenvalue weighted by molar-refractivity contribution is 6.33. The first-order chi connectivity index (χ1) is 15.7. The van der Waals surface area contributed by atoms with Crippen LogP contribution >= 0.6 is 11.6 Å². The van der Waals surface area contributed by atoms with Crippen molar-refractivity contribution >= 4 is 34.0 Å². The molecule has 162 valence electrons. The summed E-state index contributed by atoms with van der Waals surface area (Å²) >= 11 is 6.22. The van der Waals surface area contributed by atoms with E-state index < -0.39 is 0 Å². The Labute approximate surface area is 191 Å². The smallest absolute Gasteiger partial charge is 0.241 e. The summed E-state index contributed by atoms with van der Waals surface area (Å²) in [5.74, 6) is 1.13. The third kappa shape index (κ3) is 4.52. The summed E-state index contributed by atoms with van der Waals surface area (Å²) in [6.45, 7) is 2.18. The number of benzene rings is 3. The fourth-order valence-corrected chi connectivity index (χ4v) is 4.35. The molecule has 1 saturated heterocycles. The SMILES string of the molecule is O=C(Nc1ccc2ccccc2c1)C1CCN(Cc2nc(-c3ccccc3Cl)no2)CC1. The van der Waals surface area contributed by atoms with E-state index in [4.69, 9.17) is 16.1 Å². The number of hydrogen-bond acceptors (Lipinski definition) is 5. The van der Waals surface area contributed by atoms with Gasteiger partial charge in [0, 0.05) is 17.2 Å². The van der Waals surface area contributed by atoms with E-state index in [1.165, 1.54) is 0 Å². The van der Waals surface area contributed by atoms with E-state index in [1.54, 1.807) is 6.07 Å². The minimum atomic E-state index is -0.000841. The third-order valence-corrected chi connectivity index (χ3v) is 6.25. The third-order valence-electron chi connectivity index (χ3n) is 5.92. The molecule has 1 amide bonds. The van der Waals surface area contributed by atoms with E-state index in [-0.39, 0.29) is 11.8 Å². The van der Waals surface area contributed by atoms with Crippen LogP contribution in [0, 0.1) is 5.92 Å². The average molecular weight is 447 g/mol. The van der Waals surface area contributed by atoms with Crippen LogP contribution in [0.3, 0.4) is 0 Å². The molecule has 0 atom stereocenters. The quantitative estimate of drug-likeness (QED) is 0.444. The van der Waals surface area contributed by atoms with Crippen molar-refractivity contribution in [2.45, 2.75) is 19.4 Å². The van der Waals surface area contributed by atoms with Crippen molar-refractivity contribution in [3.05, 3.63) is 77.6 Å². The molecule has 7 heteroatoms. The number of nitrogens with one attached hydrogen (secondary N) is 1. The van der Waals surface area contributed by atoms with Crippen molar-refractivity contribution in [2.24, 2.45) is 5.92 Å². The van der Waals surface area contributed by atoms with Gasteiger partial charge in [0.15, 0.2) is 0 Å². The Morgan fingerprint density at radius 3 is 2.59 bits per heavy atom. The molecule has 0 aliphatic carbocycles. The molecule has 1 fully saturated rings. The summed E-state index contributed by atoms with van der Waals surface area (Å²) in [7, 11) is 0. The second-order valence-corrected chi connectivity index (χ2v) is 8.50. The van der Waals surface area contributed by atoms with Crippen molar-refractivity contribution < 1.29 is 9.32 Å². The number of likely N-dealkylation sites (tertiary alicyclic amines) is 1. The molecule has 5 rings (SSSR count). The molecule has 2 heterocycles. The minimum absolute atomic E-state index is 0.000841. The van der Waals surface area contributed by atoms with Gasteiger partial charge in [0.25, 0.3) is 0 Å². The van der Waals surface area contributed by atoms with Gasteiger partial charge in [-0.1, -0.05) is 59.2 Å². The number of carbonyl (C=O) groups excluding carboxylic acids is 1. The zero-order chi connectivity index (χ0) is 21.9. The molecular formula is C25H23ClN4O2. The number of piperidine rings is 1. The fourth-order valence-electron chi connectivity index (χ4n) is 4.13. The molecule has 4 aromatic rings. The number of nitrogens with zero attached hydrogens (tertiary/aromatic N) is 3. The van der Waals surface area contributed by atoms with Gasteiger partial charge >= 0.3 is 0 Å². The first-order valence-electron chi connectivity index (χ1n) is 10.8. The van der Waals surface area contributed by atoms with Gasteiger partial charge in [-0.05, 0) is 61.0 Å². The molecule has 0 unspecified atom stereocenters. The Kier molecular flexibility index (Phi) is 5.88. The summed E-state index contributed by atoms with van der Waals surface area (Å²) in [6, 6.07) is 21.6. The largest absolute Gasteiger partial charge is 0.338 e. The predicted molar refractivity (Wildman–Crippen MR) is 125 cm³/mol. The van der Waals surface area contributed by atoms with Gasteiger partial charge in [0.2, 0.25) is 17.6 Å². The normalized spacial score (nSPS) is 15.2. The topological polar surface area (TPSA) is 71.3 Å². The van der Waals surface area contributed by atoms with Crippen molar-refractivity contribution in [2.75, 3.05) is 18.4 Å². The molecule has 1 aliphatic rings. The van der Waals surface area contributed by atoms with E-state index in [9.17, 15) is 4.79 Å². The number of aromatic nitrogens is 2. The zero-order valence-corrected chi connectivity index (χ0v) is 18.3. The molecule has 0 bridgehead atoms. The second-order valence-electron chi connectivity index (χ2n) is 8.09. The summed E-state index contributed by atoms with van der Waals surface area (Å²) in [4.78, 5) is 19.5. The van der Waals surface area contributed by atoms with Gasteiger partial charge in [0.1, 0.15) is 0 Å². The standard InChI is InChI=1S/C25H23ClN4O2/c26-22-8-4-3-7-21(22)24-28-23(32-29-24)16-30-13-11-18(12-14-30)25(31)27-20-10-9-17-5-1-2-6-19(17)15-20/h1-10,15,18H,11-14,16H2,(H,27,31). The minimum Gasteiger partial charge on any atom is -0.338 e. The highest BCUT2D eigenvalue weighted by atomic mass is 35.5. The zero-order valence-electron chi connectivity index (χ0n) is 17.5. The Balaban J connectivity index is 1.15. The van der Waals surface area contributed by atoms with Gasteiger partial charge in [-0.25, -0.2) is 0 Å². The first-order valence-corrected chi connectivity index (χ1v) is 11.1. The van der Waals surface area contributed by atoms with Crippen LogP contribution < -0.4 is 5.32 Å². The Morgan fingerprint density at radius 2 is 1.78 bits per heavy atom. The lowest BCUT2D eigenvalue weighted by atomic mass is 9.95. The van der Waals surface area contributed by atoms with Gasteiger partial charge in [-0.3, -0.25) is 9.69 Å². The van der Waals surface area contributed by atoms with Crippen LogP contribution in [0.15, 0.2) is 71.3 Å². The Hall–Kier alpha value is -3.22. The lowest BCUT2D eigenvalue weighted by Gasteiger charge is -2.30. The van der Waals surface area contributed by atoms with Gasteiger partial charge < -0.3 is 9.84 Å². The number of rotatable bonds is 5. The molecule has 1 aliphatic heterocycles. The number of hydrogen-bond donors (Lipinski definition) is 1. The number of fused-ring (bicyclic) bond motifs is 1. The number of carbonyl (C=O) groups is 1. The Bertz CT molecular complexity index is 1250. The molecule has 6 nitrogen and oxygen atoms in total. The summed E-state index contributed by atoms with van der Waals surface area (Å²) in [6.07, 6.45) is 1.59. The average Bonchev–Trinajstić information content (AvgIpc) is 3.28. The molecule has 0 radical (unpaired) electrons. The van der Waals surface area contributed by atoms with E-state index in [2.05, 4.69) is 32.5 Å². The van der Waals surface area contributed by atoms with Crippen molar-refractivity contribution in [3.8, 4) is 11.4 Å². The van der Waals surface area contributed by atoms with Crippen molar-refractivity contribution in [1.82, 2.24) is 15.0 Å². The fraction of sp³-hybridized carbons (Fsp3) is 0.240. The molecule has 0 spiro atoms. The molecule has 1 N–H and O–H groups in total. The van der Waals surface area contributed by atoms with E-state index in [1.807, 2.05) is 48.5 Å². The molecule has 1 aromatic heterocycles. The maximum absolute atomic E-state index is 12.8. The highest BCUT2D eigenvalue weighted by Crippen LogP contribution is 2.26. The summed E-state index contributed by atoms with van der Waals surface area (Å²) in [5.41, 5.74) is 1.60. The Morgan fingerprint density at radius 1 is 1.03 bits per heavy atom. The van der Waals surface area contributed by atoms with E-state index in [0.29, 0.717) is 23.3 Å². The summed E-state index contributed by atoms with van der Waals surface area (Å²) in [5, 5.41) is 10.0. The van der Waals surface area contributed by atoms with Crippen LogP contribution in [-0.2, 0) is 11.3 Å². The molecule has 3 aromatic carbocycles. The maximum atomic E-state index is 12.8. The predicted octanol–water partition coefficient (Wildman–Crippen LogP) is 5.39. The van der Waals surface area contributed by atoms with Crippen LogP contribution in [0.4, 0.5) is 5.69 Å². The molecule has 32 heavy (non-hydrogen) atoms. The lowest BCUT2D eigenvalue weighted by molar-refractivity contribution is -0.121. The van der Waals surface area contributed by atoms with Gasteiger partial charge in [-0.2, -0.15) is 4.98 Å². The maximum Gasteiger partial charge on any atom is 0.241 e. The van der Waals surface area contributed by atoms with Crippen LogP contribution in [0.25, 0.3) is 22.2 Å². The van der Waals surface area contributed by atoms with Crippen LogP contribution in [0.5, 0.6) is 0 Å². The molecular weight excluding hydrogens is 424 g/mol. The van der Waals surface area contributed by atoms with Crippen molar-refractivity contribution in [3.63, 3.8) is 0 Å². The van der Waals surface area contributed by atoms with Gasteiger partial charge in [-0.15, -0.1) is 0 Å². The number of amides is 1. The monoisotopic (exact) mass is 446 g/mol. The van der Waals surface area contributed by atoms with E-state index in [0.717, 1.165) is 48.0 Å². The van der Waals surface area contributed by atoms with Crippen LogP contribution in [-0.4, -0.2) is 34.0 Å². The van der Waals surface area contributed by atoms with Gasteiger partial charge in [0.05, 0.1) is 11.6 Å². The number of halogens is 1.